The van der Waals surface area contributed by atoms with Gasteiger partial charge in [0.15, 0.2) is 0 Å². The maximum atomic E-state index is 12.3. The molecule has 0 aliphatic carbocycles. The highest BCUT2D eigenvalue weighted by Crippen LogP contribution is 2.27. The third-order valence-electron chi connectivity index (χ3n) is 3.98. The fraction of sp³-hybridized carbons (Fsp3) is 0.588. The van der Waals surface area contributed by atoms with Crippen molar-refractivity contribution >= 4 is 11.6 Å². The molecule has 3 heteroatoms. The summed E-state index contributed by atoms with van der Waals surface area (Å²) in [6, 6.07) is 8.24. The Morgan fingerprint density at radius 1 is 1.30 bits per heavy atom. The van der Waals surface area contributed by atoms with Crippen molar-refractivity contribution in [2.24, 2.45) is 5.92 Å². The Kier molecular flexibility index (Phi) is 5.18. The van der Waals surface area contributed by atoms with Crippen molar-refractivity contribution in [3.8, 4) is 0 Å². The van der Waals surface area contributed by atoms with E-state index >= 15 is 0 Å². The van der Waals surface area contributed by atoms with Gasteiger partial charge in [-0.2, -0.15) is 0 Å². The molecule has 110 valence electrons. The molecule has 2 rings (SSSR count). The van der Waals surface area contributed by atoms with E-state index in [-0.39, 0.29) is 5.91 Å². The lowest BCUT2D eigenvalue weighted by atomic mass is 10.1. The van der Waals surface area contributed by atoms with Gasteiger partial charge in [-0.1, -0.05) is 32.0 Å². The molecule has 0 radical (unpaired) electrons. The molecule has 0 atom stereocenters. The molecule has 1 aromatic carbocycles. The van der Waals surface area contributed by atoms with Crippen LogP contribution in [0.1, 0.15) is 32.3 Å². The average Bonchev–Trinajstić information content (AvgIpc) is 2.86. The number of anilines is 1. The van der Waals surface area contributed by atoms with Gasteiger partial charge < -0.3 is 9.80 Å². The minimum absolute atomic E-state index is 0.256. The van der Waals surface area contributed by atoms with Crippen molar-refractivity contribution in [3.05, 3.63) is 29.8 Å². The normalized spacial score (nSPS) is 14.2. The summed E-state index contributed by atoms with van der Waals surface area (Å²) in [6.45, 7) is 7.24. The molecule has 1 aliphatic rings. The smallest absolute Gasteiger partial charge is 0.228 e. The van der Waals surface area contributed by atoms with E-state index in [2.05, 4.69) is 37.9 Å². The van der Waals surface area contributed by atoms with E-state index in [0.717, 1.165) is 37.7 Å². The molecule has 0 aromatic heterocycles. The molecule has 1 heterocycles. The van der Waals surface area contributed by atoms with E-state index in [4.69, 9.17) is 0 Å². The Balaban J connectivity index is 1.82. The molecule has 20 heavy (non-hydrogen) atoms. The summed E-state index contributed by atoms with van der Waals surface area (Å²) in [6.07, 6.45) is 2.80. The number of hydrogen-bond acceptors (Lipinski definition) is 2. The van der Waals surface area contributed by atoms with Gasteiger partial charge in [-0.25, -0.2) is 0 Å². The van der Waals surface area contributed by atoms with Crippen LogP contribution < -0.4 is 4.90 Å². The molecule has 0 N–H and O–H groups in total. The number of rotatable bonds is 6. The fourth-order valence-corrected chi connectivity index (χ4v) is 2.61. The fourth-order valence-electron chi connectivity index (χ4n) is 2.61. The summed E-state index contributed by atoms with van der Waals surface area (Å²) in [5.41, 5.74) is 2.41. The zero-order chi connectivity index (χ0) is 14.5. The number of carbonyl (C=O) groups excluding carboxylic acids is 1. The van der Waals surface area contributed by atoms with Crippen LogP contribution in [0.15, 0.2) is 24.3 Å². The van der Waals surface area contributed by atoms with Gasteiger partial charge in [0.2, 0.25) is 5.91 Å². The lowest BCUT2D eigenvalue weighted by molar-refractivity contribution is -0.118. The van der Waals surface area contributed by atoms with E-state index in [1.54, 1.807) is 0 Å². The first-order valence-corrected chi connectivity index (χ1v) is 7.64. The molecular weight excluding hydrogens is 248 g/mol. The molecule has 0 bridgehead atoms. The molecule has 0 fully saturated rings. The molecular formula is C17H26N2O. The SMILES string of the molecule is CC(C)CCN(C)CCC(=O)N1CCc2ccccc21. The summed E-state index contributed by atoms with van der Waals surface area (Å²) in [4.78, 5) is 16.6. The predicted octanol–water partition coefficient (Wildman–Crippen LogP) is 2.94. The minimum atomic E-state index is 0.256. The number of benzene rings is 1. The Labute approximate surface area is 122 Å². The zero-order valence-electron chi connectivity index (χ0n) is 12.9. The number of hydrogen-bond donors (Lipinski definition) is 0. The summed E-state index contributed by atoms with van der Waals surface area (Å²) in [5.74, 6) is 0.977. The Bertz CT molecular complexity index is 456. The highest BCUT2D eigenvalue weighted by atomic mass is 16.2. The summed E-state index contributed by atoms with van der Waals surface area (Å²) >= 11 is 0. The molecule has 1 amide bonds. The maximum Gasteiger partial charge on any atom is 0.228 e. The third-order valence-corrected chi connectivity index (χ3v) is 3.98. The summed E-state index contributed by atoms with van der Waals surface area (Å²) in [7, 11) is 2.10. The van der Waals surface area contributed by atoms with E-state index in [9.17, 15) is 4.79 Å². The van der Waals surface area contributed by atoms with E-state index in [1.165, 1.54) is 12.0 Å². The van der Waals surface area contributed by atoms with Crippen LogP contribution in [0.3, 0.4) is 0 Å². The Morgan fingerprint density at radius 2 is 2.05 bits per heavy atom. The summed E-state index contributed by atoms with van der Waals surface area (Å²) < 4.78 is 0. The van der Waals surface area contributed by atoms with Crippen molar-refractivity contribution in [2.75, 3.05) is 31.6 Å². The van der Waals surface area contributed by atoms with Gasteiger partial charge in [0, 0.05) is 25.2 Å². The lowest BCUT2D eigenvalue weighted by Crippen LogP contribution is -2.32. The van der Waals surface area contributed by atoms with Crippen molar-refractivity contribution in [2.45, 2.75) is 33.1 Å². The summed E-state index contributed by atoms with van der Waals surface area (Å²) in [5, 5.41) is 0. The quantitative estimate of drug-likeness (QED) is 0.796. The molecule has 0 spiro atoms. The van der Waals surface area contributed by atoms with Crippen molar-refractivity contribution in [1.29, 1.82) is 0 Å². The van der Waals surface area contributed by atoms with Crippen molar-refractivity contribution < 1.29 is 4.79 Å². The second-order valence-corrected chi connectivity index (χ2v) is 6.16. The number of nitrogens with zero attached hydrogens (tertiary/aromatic N) is 2. The molecule has 0 saturated carbocycles. The van der Waals surface area contributed by atoms with Gasteiger partial charge in [0.05, 0.1) is 0 Å². The second kappa shape index (κ2) is 6.89. The van der Waals surface area contributed by atoms with Crippen LogP contribution in [0.4, 0.5) is 5.69 Å². The average molecular weight is 274 g/mol. The molecule has 1 aromatic rings. The van der Waals surface area contributed by atoms with Crippen LogP contribution in [-0.2, 0) is 11.2 Å². The number of amides is 1. The number of fused-ring (bicyclic) bond motifs is 1. The standard InChI is InChI=1S/C17H26N2O/c1-14(2)8-11-18(3)12-10-17(20)19-13-9-15-6-4-5-7-16(15)19/h4-7,14H,8-13H2,1-3H3. The zero-order valence-corrected chi connectivity index (χ0v) is 12.9. The van der Waals surface area contributed by atoms with Gasteiger partial charge in [-0.15, -0.1) is 0 Å². The van der Waals surface area contributed by atoms with E-state index in [1.807, 2.05) is 17.0 Å². The van der Waals surface area contributed by atoms with Crippen LogP contribution in [0.25, 0.3) is 0 Å². The highest BCUT2D eigenvalue weighted by Gasteiger charge is 2.23. The monoisotopic (exact) mass is 274 g/mol. The van der Waals surface area contributed by atoms with Gasteiger partial charge >= 0.3 is 0 Å². The van der Waals surface area contributed by atoms with E-state index < -0.39 is 0 Å². The van der Waals surface area contributed by atoms with E-state index in [0.29, 0.717) is 6.42 Å². The first-order chi connectivity index (χ1) is 9.58. The van der Waals surface area contributed by atoms with Gasteiger partial charge in [-0.05, 0) is 44.0 Å². The Morgan fingerprint density at radius 3 is 2.80 bits per heavy atom. The first-order valence-electron chi connectivity index (χ1n) is 7.64. The lowest BCUT2D eigenvalue weighted by Gasteiger charge is -2.21. The van der Waals surface area contributed by atoms with Crippen LogP contribution >= 0.6 is 0 Å². The largest absolute Gasteiger partial charge is 0.312 e. The van der Waals surface area contributed by atoms with Crippen molar-refractivity contribution in [3.63, 3.8) is 0 Å². The van der Waals surface area contributed by atoms with Gasteiger partial charge in [0.25, 0.3) is 0 Å². The maximum absolute atomic E-state index is 12.3. The second-order valence-electron chi connectivity index (χ2n) is 6.16. The predicted molar refractivity (Wildman–Crippen MR) is 84.1 cm³/mol. The Hall–Kier alpha value is -1.35. The topological polar surface area (TPSA) is 23.6 Å². The minimum Gasteiger partial charge on any atom is -0.312 e. The van der Waals surface area contributed by atoms with Gasteiger partial charge in [-0.3, -0.25) is 4.79 Å². The molecule has 0 saturated heterocycles. The number of para-hydroxylation sites is 1. The van der Waals surface area contributed by atoms with Crippen LogP contribution in [0.5, 0.6) is 0 Å². The van der Waals surface area contributed by atoms with Crippen molar-refractivity contribution in [1.82, 2.24) is 4.90 Å². The molecule has 0 unspecified atom stereocenters. The number of carbonyl (C=O) groups is 1. The highest BCUT2D eigenvalue weighted by molar-refractivity contribution is 5.95. The third kappa shape index (κ3) is 3.83. The molecule has 1 aliphatic heterocycles. The van der Waals surface area contributed by atoms with Crippen LogP contribution in [0.2, 0.25) is 0 Å². The first kappa shape index (κ1) is 15.0. The van der Waals surface area contributed by atoms with Crippen LogP contribution in [0, 0.1) is 5.92 Å². The molecule has 3 nitrogen and oxygen atoms in total. The van der Waals surface area contributed by atoms with Gasteiger partial charge in [0.1, 0.15) is 0 Å². The van der Waals surface area contributed by atoms with Crippen LogP contribution in [-0.4, -0.2) is 37.5 Å².